The molecule has 1 unspecified atom stereocenters. The van der Waals surface area contributed by atoms with E-state index in [1.54, 1.807) is 0 Å². The fourth-order valence-electron chi connectivity index (χ4n) is 2.88. The summed E-state index contributed by atoms with van der Waals surface area (Å²) in [7, 11) is 0. The first-order valence-electron chi connectivity index (χ1n) is 7.16. The second-order valence-corrected chi connectivity index (χ2v) is 6.70. The summed E-state index contributed by atoms with van der Waals surface area (Å²) in [6, 6.07) is 5.81. The number of hydrogen-bond acceptors (Lipinski definition) is 3. The van der Waals surface area contributed by atoms with Crippen molar-refractivity contribution < 1.29 is 14.6 Å². The smallest absolute Gasteiger partial charge is 0.407 e. The van der Waals surface area contributed by atoms with E-state index in [4.69, 9.17) is 10.5 Å². The Kier molecular flexibility index (Phi) is 3.89. The molecule has 1 aliphatic rings. The first-order chi connectivity index (χ1) is 9.67. The zero-order valence-electron chi connectivity index (χ0n) is 13.1. The van der Waals surface area contributed by atoms with Crippen molar-refractivity contribution in [1.29, 1.82) is 0 Å². The maximum atomic E-state index is 11.4. The number of rotatable bonds is 1. The van der Waals surface area contributed by atoms with Gasteiger partial charge in [-0.15, -0.1) is 0 Å². The van der Waals surface area contributed by atoms with E-state index >= 15 is 0 Å². The minimum absolute atomic E-state index is 0.246. The van der Waals surface area contributed by atoms with Crippen molar-refractivity contribution in [2.45, 2.75) is 33.3 Å². The Morgan fingerprint density at radius 2 is 2.10 bits per heavy atom. The molecular weight excluding hydrogens is 268 g/mol. The number of nitrogens with two attached hydrogens (primary N) is 1. The van der Waals surface area contributed by atoms with Crippen molar-refractivity contribution in [3.05, 3.63) is 29.3 Å². The van der Waals surface area contributed by atoms with Crippen LogP contribution in [-0.2, 0) is 10.3 Å². The van der Waals surface area contributed by atoms with Gasteiger partial charge < -0.3 is 20.5 Å². The van der Waals surface area contributed by atoms with Crippen molar-refractivity contribution >= 4 is 11.8 Å². The number of nitrogen functional groups attached to an aromatic ring is 1. The van der Waals surface area contributed by atoms with E-state index in [2.05, 4.69) is 20.8 Å². The number of anilines is 1. The van der Waals surface area contributed by atoms with Gasteiger partial charge in [-0.05, 0) is 29.5 Å². The van der Waals surface area contributed by atoms with Gasteiger partial charge in [-0.25, -0.2) is 4.79 Å². The van der Waals surface area contributed by atoms with Gasteiger partial charge in [0.05, 0.1) is 13.2 Å². The molecule has 1 amide bonds. The highest BCUT2D eigenvalue weighted by atomic mass is 16.5. The van der Waals surface area contributed by atoms with Crippen molar-refractivity contribution in [2.75, 3.05) is 25.4 Å². The summed E-state index contributed by atoms with van der Waals surface area (Å²) in [6.07, 6.45) is -0.904. The van der Waals surface area contributed by atoms with Crippen LogP contribution in [-0.4, -0.2) is 35.8 Å². The Hall–Kier alpha value is -1.75. The van der Waals surface area contributed by atoms with Crippen LogP contribution in [0.1, 0.15) is 31.9 Å². The molecule has 0 aromatic heterocycles. The van der Waals surface area contributed by atoms with E-state index in [-0.39, 0.29) is 5.41 Å². The fourth-order valence-corrected chi connectivity index (χ4v) is 2.88. The van der Waals surface area contributed by atoms with Gasteiger partial charge >= 0.3 is 6.09 Å². The van der Waals surface area contributed by atoms with E-state index in [1.165, 1.54) is 4.90 Å². The second kappa shape index (κ2) is 5.22. The normalized spacial score (nSPS) is 23.1. The first-order valence-corrected chi connectivity index (χ1v) is 7.16. The van der Waals surface area contributed by atoms with Gasteiger partial charge in [0.2, 0.25) is 0 Å². The SMILES string of the molecule is Cc1cc(C2(C(C)(C)C)CN(C(=O)O)CCO2)ccc1N. The van der Waals surface area contributed by atoms with Crippen molar-refractivity contribution in [3.8, 4) is 0 Å². The van der Waals surface area contributed by atoms with Crippen molar-refractivity contribution in [1.82, 2.24) is 4.90 Å². The summed E-state index contributed by atoms with van der Waals surface area (Å²) < 4.78 is 6.15. The number of benzene rings is 1. The predicted octanol–water partition coefficient (Wildman–Crippen LogP) is 2.83. The van der Waals surface area contributed by atoms with Crippen LogP contribution < -0.4 is 5.73 Å². The topological polar surface area (TPSA) is 75.8 Å². The molecule has 1 saturated heterocycles. The molecule has 0 spiro atoms. The number of morpholine rings is 1. The summed E-state index contributed by atoms with van der Waals surface area (Å²) in [5.74, 6) is 0. The maximum Gasteiger partial charge on any atom is 0.407 e. The average molecular weight is 292 g/mol. The van der Waals surface area contributed by atoms with Crippen LogP contribution in [0.3, 0.4) is 0 Å². The van der Waals surface area contributed by atoms with E-state index in [1.807, 2.05) is 25.1 Å². The molecule has 1 fully saturated rings. The lowest BCUT2D eigenvalue weighted by atomic mass is 9.70. The Balaban J connectivity index is 2.52. The third-order valence-electron chi connectivity index (χ3n) is 4.34. The molecule has 116 valence electrons. The number of carboxylic acid groups (broad SMARTS) is 1. The third kappa shape index (κ3) is 2.70. The molecule has 1 aromatic rings. The molecular formula is C16H24N2O3. The molecule has 0 radical (unpaired) electrons. The molecule has 0 bridgehead atoms. The minimum Gasteiger partial charge on any atom is -0.465 e. The van der Waals surface area contributed by atoms with Gasteiger partial charge in [0.25, 0.3) is 0 Å². The number of aryl methyl sites for hydroxylation is 1. The van der Waals surface area contributed by atoms with Crippen molar-refractivity contribution in [3.63, 3.8) is 0 Å². The highest BCUT2D eigenvalue weighted by Gasteiger charge is 2.49. The Labute approximate surface area is 125 Å². The predicted molar refractivity (Wildman–Crippen MR) is 82.3 cm³/mol. The summed E-state index contributed by atoms with van der Waals surface area (Å²) in [6.45, 7) is 9.30. The molecule has 1 atom stereocenters. The lowest BCUT2D eigenvalue weighted by Gasteiger charge is -2.50. The number of hydrogen-bond donors (Lipinski definition) is 2. The van der Waals surface area contributed by atoms with Gasteiger partial charge in [0, 0.05) is 12.2 Å². The average Bonchev–Trinajstić information content (AvgIpc) is 2.40. The molecule has 1 heterocycles. The lowest BCUT2D eigenvalue weighted by molar-refractivity contribution is -0.166. The van der Waals surface area contributed by atoms with Crippen molar-refractivity contribution in [2.24, 2.45) is 5.41 Å². The monoisotopic (exact) mass is 292 g/mol. The standard InChI is InChI=1S/C16H24N2O3/c1-11-9-12(5-6-13(11)17)16(15(2,3)4)10-18(14(19)20)7-8-21-16/h5-6,9H,7-8,10,17H2,1-4H3,(H,19,20). The molecule has 5 heteroatoms. The molecule has 21 heavy (non-hydrogen) atoms. The number of ether oxygens (including phenoxy) is 1. The zero-order valence-corrected chi connectivity index (χ0v) is 13.1. The summed E-state index contributed by atoms with van der Waals surface area (Å²) in [5, 5.41) is 9.33. The summed E-state index contributed by atoms with van der Waals surface area (Å²) >= 11 is 0. The summed E-state index contributed by atoms with van der Waals surface area (Å²) in [4.78, 5) is 12.8. The third-order valence-corrected chi connectivity index (χ3v) is 4.34. The number of amides is 1. The van der Waals surface area contributed by atoms with Gasteiger partial charge in [0.1, 0.15) is 5.60 Å². The second-order valence-electron chi connectivity index (χ2n) is 6.70. The molecule has 5 nitrogen and oxygen atoms in total. The molecule has 3 N–H and O–H groups in total. The number of nitrogens with zero attached hydrogens (tertiary/aromatic N) is 1. The zero-order chi connectivity index (χ0) is 15.8. The number of carbonyl (C=O) groups is 1. The van der Waals surface area contributed by atoms with Crippen LogP contribution in [0, 0.1) is 12.3 Å². The van der Waals surface area contributed by atoms with E-state index < -0.39 is 11.7 Å². The van der Waals surface area contributed by atoms with E-state index in [9.17, 15) is 9.90 Å². The largest absolute Gasteiger partial charge is 0.465 e. The lowest BCUT2D eigenvalue weighted by Crippen LogP contribution is -2.57. The Morgan fingerprint density at radius 1 is 1.43 bits per heavy atom. The maximum absolute atomic E-state index is 11.4. The van der Waals surface area contributed by atoms with Gasteiger partial charge in [-0.3, -0.25) is 0 Å². The highest BCUT2D eigenvalue weighted by Crippen LogP contribution is 2.45. The van der Waals surface area contributed by atoms with E-state index in [0.717, 1.165) is 16.8 Å². The fraction of sp³-hybridized carbons (Fsp3) is 0.562. The molecule has 1 aromatic carbocycles. The van der Waals surface area contributed by atoms with Crippen LogP contribution in [0.2, 0.25) is 0 Å². The minimum atomic E-state index is -0.904. The Bertz CT molecular complexity index is 551. The van der Waals surface area contributed by atoms with Gasteiger partial charge in [-0.1, -0.05) is 32.9 Å². The Morgan fingerprint density at radius 3 is 2.62 bits per heavy atom. The summed E-state index contributed by atoms with van der Waals surface area (Å²) in [5.41, 5.74) is 7.68. The van der Waals surface area contributed by atoms with Crippen LogP contribution in [0.15, 0.2) is 18.2 Å². The first kappa shape index (κ1) is 15.6. The quantitative estimate of drug-likeness (QED) is 0.780. The van der Waals surface area contributed by atoms with Gasteiger partial charge in [0.15, 0.2) is 0 Å². The highest BCUT2D eigenvalue weighted by molar-refractivity contribution is 5.65. The van der Waals surface area contributed by atoms with Crippen LogP contribution in [0.4, 0.5) is 10.5 Å². The van der Waals surface area contributed by atoms with E-state index in [0.29, 0.717) is 19.7 Å². The molecule has 0 aliphatic carbocycles. The van der Waals surface area contributed by atoms with Crippen LogP contribution in [0.5, 0.6) is 0 Å². The van der Waals surface area contributed by atoms with Gasteiger partial charge in [-0.2, -0.15) is 0 Å². The molecule has 1 aliphatic heterocycles. The molecule has 0 saturated carbocycles. The van der Waals surface area contributed by atoms with Crippen LogP contribution in [0.25, 0.3) is 0 Å². The molecule has 2 rings (SSSR count). The van der Waals surface area contributed by atoms with Crippen LogP contribution >= 0.6 is 0 Å².